The van der Waals surface area contributed by atoms with Crippen LogP contribution in [0.1, 0.15) is 30.8 Å². The Bertz CT molecular complexity index is 765. The summed E-state index contributed by atoms with van der Waals surface area (Å²) >= 11 is 5.71. The lowest BCUT2D eigenvalue weighted by atomic mass is 9.99. The van der Waals surface area contributed by atoms with Crippen molar-refractivity contribution in [1.29, 1.82) is 0 Å². The quantitative estimate of drug-likeness (QED) is 0.829. The highest BCUT2D eigenvalue weighted by atomic mass is 35.5. The monoisotopic (exact) mass is 354 g/mol. The van der Waals surface area contributed by atoms with Crippen LogP contribution in [0.3, 0.4) is 0 Å². The van der Waals surface area contributed by atoms with Gasteiger partial charge in [-0.2, -0.15) is 0 Å². The predicted octanol–water partition coefficient (Wildman–Crippen LogP) is 2.29. The predicted molar refractivity (Wildman–Crippen MR) is 84.7 cm³/mol. The Morgan fingerprint density at radius 2 is 2.17 bits per heavy atom. The fraction of sp³-hybridized carbons (Fsp3) is 0.333. The molecule has 0 aliphatic heterocycles. The van der Waals surface area contributed by atoms with Crippen molar-refractivity contribution in [3.8, 4) is 5.69 Å². The minimum atomic E-state index is -1.13. The molecule has 1 aromatic heterocycles. The Kier molecular flexibility index (Phi) is 5.50. The molecule has 1 aromatic carbocycles. The molecule has 128 valence electrons. The molecule has 24 heavy (non-hydrogen) atoms. The number of halogens is 2. The second-order valence-corrected chi connectivity index (χ2v) is 5.70. The second kappa shape index (κ2) is 7.39. The molecular weight excluding hydrogens is 339 g/mol. The molecule has 9 heteroatoms. The molecule has 0 aliphatic rings. The summed E-state index contributed by atoms with van der Waals surface area (Å²) in [5.41, 5.74) is -0.0883. The number of benzene rings is 1. The third-order valence-corrected chi connectivity index (χ3v) is 3.96. The zero-order chi connectivity index (χ0) is 17.9. The number of carbonyl (C=O) groups is 2. The van der Waals surface area contributed by atoms with Gasteiger partial charge in [0.1, 0.15) is 11.7 Å². The number of aromatic nitrogens is 3. The molecule has 0 spiro atoms. The molecule has 1 heterocycles. The van der Waals surface area contributed by atoms with E-state index in [1.165, 1.54) is 24.4 Å². The number of hydrogen-bond acceptors (Lipinski definition) is 4. The zero-order valence-electron chi connectivity index (χ0n) is 13.0. The number of nitrogens with zero attached hydrogens (tertiary/aromatic N) is 3. The molecule has 0 saturated heterocycles. The highest BCUT2D eigenvalue weighted by Crippen LogP contribution is 2.20. The first kappa shape index (κ1) is 17.9. The summed E-state index contributed by atoms with van der Waals surface area (Å²) in [6, 6.07) is 3.30. The smallest absolute Gasteiger partial charge is 0.326 e. The zero-order valence-corrected chi connectivity index (χ0v) is 13.8. The second-order valence-electron chi connectivity index (χ2n) is 5.30. The van der Waals surface area contributed by atoms with E-state index < -0.39 is 23.7 Å². The average molecular weight is 355 g/mol. The fourth-order valence-corrected chi connectivity index (χ4v) is 2.22. The SMILES string of the molecule is CC[C@H](C)[C@H](NC(=O)c1cn(-c2cccc(Cl)c2F)nn1)C(=O)O. The molecule has 7 nitrogen and oxygen atoms in total. The van der Waals surface area contributed by atoms with E-state index in [4.69, 9.17) is 11.6 Å². The van der Waals surface area contributed by atoms with E-state index in [9.17, 15) is 19.1 Å². The van der Waals surface area contributed by atoms with E-state index in [0.717, 1.165) is 4.68 Å². The molecule has 2 rings (SSSR count). The van der Waals surface area contributed by atoms with Gasteiger partial charge < -0.3 is 10.4 Å². The Labute approximate surface area is 142 Å². The van der Waals surface area contributed by atoms with Crippen LogP contribution in [-0.2, 0) is 4.79 Å². The molecule has 0 saturated carbocycles. The topological polar surface area (TPSA) is 97.1 Å². The number of carbonyl (C=O) groups excluding carboxylic acids is 1. The van der Waals surface area contributed by atoms with Crippen molar-refractivity contribution < 1.29 is 19.1 Å². The average Bonchev–Trinajstić information content (AvgIpc) is 3.03. The highest BCUT2D eigenvalue weighted by Gasteiger charge is 2.27. The van der Waals surface area contributed by atoms with Gasteiger partial charge in [0.25, 0.3) is 5.91 Å². The first-order valence-corrected chi connectivity index (χ1v) is 7.63. The molecule has 2 atom stereocenters. The summed E-state index contributed by atoms with van der Waals surface area (Å²) in [7, 11) is 0. The minimum absolute atomic E-state index is 0.0331. The lowest BCUT2D eigenvalue weighted by Crippen LogP contribution is -2.45. The van der Waals surface area contributed by atoms with Crippen molar-refractivity contribution in [1.82, 2.24) is 20.3 Å². The summed E-state index contributed by atoms with van der Waals surface area (Å²) in [6.07, 6.45) is 1.79. The van der Waals surface area contributed by atoms with Crippen LogP contribution in [0.15, 0.2) is 24.4 Å². The van der Waals surface area contributed by atoms with Gasteiger partial charge in [0, 0.05) is 0 Å². The number of hydrogen-bond donors (Lipinski definition) is 2. The Morgan fingerprint density at radius 1 is 1.46 bits per heavy atom. The van der Waals surface area contributed by atoms with Gasteiger partial charge in [-0.3, -0.25) is 4.79 Å². The van der Waals surface area contributed by atoms with Gasteiger partial charge in [-0.05, 0) is 18.1 Å². The molecule has 2 aromatic rings. The molecule has 1 amide bonds. The van der Waals surface area contributed by atoms with Gasteiger partial charge in [0.2, 0.25) is 0 Å². The van der Waals surface area contributed by atoms with Crippen LogP contribution in [0.2, 0.25) is 5.02 Å². The van der Waals surface area contributed by atoms with Crippen molar-refractivity contribution in [2.24, 2.45) is 5.92 Å². The van der Waals surface area contributed by atoms with Crippen molar-refractivity contribution in [2.45, 2.75) is 26.3 Å². The number of carboxylic acid groups (broad SMARTS) is 1. The third kappa shape index (κ3) is 3.70. The van der Waals surface area contributed by atoms with E-state index >= 15 is 0 Å². The standard InChI is InChI=1S/C15H16ClFN4O3/c1-3-8(2)13(15(23)24)18-14(22)10-7-21(20-19-10)11-6-4-5-9(16)12(11)17/h4-8,13H,3H2,1-2H3,(H,18,22)(H,23,24)/t8-,13-/m0/s1. The molecule has 0 unspecified atom stereocenters. The normalized spacial score (nSPS) is 13.3. The number of aliphatic carboxylic acids is 1. The fourth-order valence-electron chi connectivity index (χ4n) is 2.05. The van der Waals surface area contributed by atoms with Crippen LogP contribution in [-0.4, -0.2) is 38.0 Å². The van der Waals surface area contributed by atoms with E-state index in [0.29, 0.717) is 6.42 Å². The van der Waals surface area contributed by atoms with Gasteiger partial charge in [-0.1, -0.05) is 43.1 Å². The van der Waals surface area contributed by atoms with E-state index in [-0.39, 0.29) is 22.3 Å². The van der Waals surface area contributed by atoms with E-state index in [2.05, 4.69) is 15.6 Å². The van der Waals surface area contributed by atoms with Crippen molar-refractivity contribution >= 4 is 23.5 Å². The van der Waals surface area contributed by atoms with Gasteiger partial charge >= 0.3 is 5.97 Å². The number of carboxylic acids is 1. The first-order valence-electron chi connectivity index (χ1n) is 7.25. The van der Waals surface area contributed by atoms with Crippen LogP contribution < -0.4 is 5.32 Å². The largest absolute Gasteiger partial charge is 0.480 e. The van der Waals surface area contributed by atoms with Crippen LogP contribution in [0, 0.1) is 11.7 Å². The summed E-state index contributed by atoms with van der Waals surface area (Å²) < 4.78 is 15.0. The molecular formula is C15H16ClFN4O3. The summed E-state index contributed by atoms with van der Waals surface area (Å²) in [4.78, 5) is 23.4. The molecule has 0 bridgehead atoms. The molecule has 0 aliphatic carbocycles. The number of nitrogens with one attached hydrogen (secondary N) is 1. The number of amides is 1. The maximum absolute atomic E-state index is 14.0. The van der Waals surface area contributed by atoms with Crippen molar-refractivity contribution in [2.75, 3.05) is 0 Å². The third-order valence-electron chi connectivity index (χ3n) is 3.67. The van der Waals surface area contributed by atoms with Crippen LogP contribution >= 0.6 is 11.6 Å². The maximum Gasteiger partial charge on any atom is 0.326 e. The van der Waals surface area contributed by atoms with Gasteiger partial charge in [-0.25, -0.2) is 13.9 Å². The Morgan fingerprint density at radius 3 is 2.79 bits per heavy atom. The summed E-state index contributed by atoms with van der Waals surface area (Å²) in [5.74, 6) is -2.78. The summed E-state index contributed by atoms with van der Waals surface area (Å²) in [5, 5.41) is 18.9. The Balaban J connectivity index is 2.22. The van der Waals surface area contributed by atoms with Crippen LogP contribution in [0.25, 0.3) is 5.69 Å². The molecule has 0 radical (unpaired) electrons. The van der Waals surface area contributed by atoms with Crippen molar-refractivity contribution in [3.63, 3.8) is 0 Å². The lowest BCUT2D eigenvalue weighted by Gasteiger charge is -2.19. The summed E-state index contributed by atoms with van der Waals surface area (Å²) in [6.45, 7) is 3.54. The number of rotatable bonds is 6. The van der Waals surface area contributed by atoms with Crippen LogP contribution in [0.5, 0.6) is 0 Å². The van der Waals surface area contributed by atoms with Gasteiger partial charge in [0.15, 0.2) is 11.5 Å². The highest BCUT2D eigenvalue weighted by molar-refractivity contribution is 6.30. The minimum Gasteiger partial charge on any atom is -0.480 e. The first-order chi connectivity index (χ1) is 11.3. The lowest BCUT2D eigenvalue weighted by molar-refractivity contribution is -0.140. The molecule has 0 fully saturated rings. The van der Waals surface area contributed by atoms with Gasteiger partial charge in [0.05, 0.1) is 11.2 Å². The van der Waals surface area contributed by atoms with Crippen LogP contribution in [0.4, 0.5) is 4.39 Å². The Hall–Kier alpha value is -2.48. The van der Waals surface area contributed by atoms with Gasteiger partial charge in [-0.15, -0.1) is 5.10 Å². The van der Waals surface area contributed by atoms with Crippen molar-refractivity contribution in [3.05, 3.63) is 40.9 Å². The van der Waals surface area contributed by atoms with E-state index in [1.807, 2.05) is 6.92 Å². The van der Waals surface area contributed by atoms with E-state index in [1.54, 1.807) is 6.92 Å². The maximum atomic E-state index is 14.0. The molecule has 2 N–H and O–H groups in total.